The number of esters is 1. The lowest BCUT2D eigenvalue weighted by Crippen LogP contribution is -2.45. The van der Waals surface area contributed by atoms with E-state index in [2.05, 4.69) is 19.2 Å². The highest BCUT2D eigenvalue weighted by molar-refractivity contribution is 5.76. The zero-order valence-corrected chi connectivity index (χ0v) is 49.6. The van der Waals surface area contributed by atoms with E-state index in [-0.39, 0.29) is 18.5 Å². The van der Waals surface area contributed by atoms with E-state index in [4.69, 9.17) is 4.74 Å². The summed E-state index contributed by atoms with van der Waals surface area (Å²) in [7, 11) is 0. The van der Waals surface area contributed by atoms with Gasteiger partial charge in [-0.3, -0.25) is 9.59 Å². The van der Waals surface area contributed by atoms with Gasteiger partial charge in [0.05, 0.1) is 25.4 Å². The second-order valence-corrected chi connectivity index (χ2v) is 23.2. The lowest BCUT2D eigenvalue weighted by molar-refractivity contribution is -0.143. The number of aliphatic hydroxyl groups excluding tert-OH is 2. The molecular formula is C67H131NO5. The van der Waals surface area contributed by atoms with Gasteiger partial charge in [0, 0.05) is 12.8 Å². The van der Waals surface area contributed by atoms with Gasteiger partial charge in [0.25, 0.3) is 0 Å². The van der Waals surface area contributed by atoms with Crippen LogP contribution in [0.1, 0.15) is 380 Å². The molecule has 0 saturated heterocycles. The molecule has 0 saturated carbocycles. The molecule has 0 aromatic rings. The Labute approximate surface area is 457 Å². The fourth-order valence-electron chi connectivity index (χ4n) is 10.7. The van der Waals surface area contributed by atoms with Crippen molar-refractivity contribution < 1.29 is 24.5 Å². The maximum atomic E-state index is 12.5. The van der Waals surface area contributed by atoms with Crippen molar-refractivity contribution in [2.75, 3.05) is 13.2 Å². The summed E-state index contributed by atoms with van der Waals surface area (Å²) in [5.74, 6) is -0.0403. The van der Waals surface area contributed by atoms with E-state index in [1.807, 2.05) is 6.08 Å². The van der Waals surface area contributed by atoms with Crippen molar-refractivity contribution in [3.05, 3.63) is 12.2 Å². The number of rotatable bonds is 63. The number of nitrogens with one attached hydrogen (secondary N) is 1. The average molecular weight is 1030 g/mol. The third kappa shape index (κ3) is 59.7. The third-order valence-corrected chi connectivity index (χ3v) is 15.8. The summed E-state index contributed by atoms with van der Waals surface area (Å²) in [5.41, 5.74) is 0. The standard InChI is InChI=1S/C67H131NO5/c1-3-5-7-9-11-13-15-36-39-43-47-51-55-59-65(70)64(63-69)68-66(71)60-56-52-48-44-40-37-34-32-30-28-26-24-22-20-18-17-19-21-23-25-27-29-31-33-35-38-42-46-50-54-58-62-73-67(72)61-57-53-49-45-41-16-14-12-10-8-6-4-2/h55,59,64-65,69-70H,3-54,56-58,60-63H2,1-2H3,(H,68,71)/b59-55+. The van der Waals surface area contributed by atoms with Crippen LogP contribution in [0.25, 0.3) is 0 Å². The van der Waals surface area contributed by atoms with Crippen molar-refractivity contribution in [2.24, 2.45) is 0 Å². The van der Waals surface area contributed by atoms with Crippen LogP contribution in [-0.4, -0.2) is 47.4 Å². The molecule has 6 nitrogen and oxygen atoms in total. The molecule has 0 aromatic heterocycles. The Kier molecular flexibility index (Phi) is 61.9. The molecular weight excluding hydrogens is 899 g/mol. The highest BCUT2D eigenvalue weighted by Crippen LogP contribution is 2.19. The van der Waals surface area contributed by atoms with Gasteiger partial charge < -0.3 is 20.3 Å². The van der Waals surface area contributed by atoms with Gasteiger partial charge in [-0.15, -0.1) is 0 Å². The molecule has 6 heteroatoms. The lowest BCUT2D eigenvalue weighted by Gasteiger charge is -2.20. The summed E-state index contributed by atoms with van der Waals surface area (Å²) in [5, 5.41) is 23.1. The first-order valence-corrected chi connectivity index (χ1v) is 33.5. The number of amides is 1. The fraction of sp³-hybridized carbons (Fsp3) is 0.940. The normalized spacial score (nSPS) is 12.5. The van der Waals surface area contributed by atoms with E-state index < -0.39 is 12.1 Å². The Morgan fingerprint density at radius 1 is 0.370 bits per heavy atom. The highest BCUT2D eigenvalue weighted by Gasteiger charge is 2.18. The SMILES string of the molecule is CCCCCCCCCCCCC/C=C/C(O)C(CO)NC(=O)CCCCCCCCCCCCCCCCCCCCCCCCCCCCCCCCCOC(=O)CCCCCCCCCCCCCC. The van der Waals surface area contributed by atoms with Crippen LogP contribution in [0, 0.1) is 0 Å². The van der Waals surface area contributed by atoms with E-state index in [1.165, 1.54) is 315 Å². The lowest BCUT2D eigenvalue weighted by atomic mass is 10.0. The van der Waals surface area contributed by atoms with Gasteiger partial charge in [-0.25, -0.2) is 0 Å². The van der Waals surface area contributed by atoms with Crippen molar-refractivity contribution in [1.82, 2.24) is 5.32 Å². The second kappa shape index (κ2) is 63.1. The molecule has 2 atom stereocenters. The average Bonchev–Trinajstić information content (AvgIpc) is 3.39. The number of carbonyl (C=O) groups is 2. The molecule has 0 rings (SSSR count). The van der Waals surface area contributed by atoms with Crippen LogP contribution < -0.4 is 5.32 Å². The van der Waals surface area contributed by atoms with E-state index in [0.29, 0.717) is 19.4 Å². The van der Waals surface area contributed by atoms with Gasteiger partial charge in [-0.1, -0.05) is 347 Å². The molecule has 0 radical (unpaired) electrons. The predicted octanol–water partition coefficient (Wildman–Crippen LogP) is 21.2. The molecule has 0 spiro atoms. The summed E-state index contributed by atoms with van der Waals surface area (Å²) in [4.78, 5) is 24.5. The van der Waals surface area contributed by atoms with E-state index in [1.54, 1.807) is 6.08 Å². The van der Waals surface area contributed by atoms with Gasteiger partial charge >= 0.3 is 5.97 Å². The number of aliphatic hydroxyl groups is 2. The number of carbonyl (C=O) groups excluding carboxylic acids is 2. The van der Waals surface area contributed by atoms with Crippen molar-refractivity contribution in [1.29, 1.82) is 0 Å². The molecule has 0 bridgehead atoms. The fourth-order valence-corrected chi connectivity index (χ4v) is 10.7. The highest BCUT2D eigenvalue weighted by atomic mass is 16.5. The van der Waals surface area contributed by atoms with Crippen LogP contribution >= 0.6 is 0 Å². The molecule has 0 aromatic carbocycles. The smallest absolute Gasteiger partial charge is 0.305 e. The molecule has 1 amide bonds. The van der Waals surface area contributed by atoms with Gasteiger partial charge in [0.1, 0.15) is 0 Å². The Bertz CT molecular complexity index is 1100. The molecule has 73 heavy (non-hydrogen) atoms. The minimum Gasteiger partial charge on any atom is -0.466 e. The number of unbranched alkanes of at least 4 members (excludes halogenated alkanes) is 52. The Morgan fingerprint density at radius 3 is 0.932 bits per heavy atom. The number of allylic oxidation sites excluding steroid dienone is 1. The Morgan fingerprint density at radius 2 is 0.630 bits per heavy atom. The van der Waals surface area contributed by atoms with E-state index >= 15 is 0 Å². The molecule has 434 valence electrons. The molecule has 0 fully saturated rings. The van der Waals surface area contributed by atoms with Crippen LogP contribution in [0.5, 0.6) is 0 Å². The molecule has 0 aliphatic carbocycles. The van der Waals surface area contributed by atoms with Crippen molar-refractivity contribution >= 4 is 11.9 Å². The quantitative estimate of drug-likeness (QED) is 0.0320. The van der Waals surface area contributed by atoms with Crippen molar-refractivity contribution in [3.8, 4) is 0 Å². The zero-order valence-electron chi connectivity index (χ0n) is 49.6. The van der Waals surface area contributed by atoms with Crippen LogP contribution in [-0.2, 0) is 14.3 Å². The molecule has 0 aliphatic rings. The van der Waals surface area contributed by atoms with E-state index in [9.17, 15) is 19.8 Å². The molecule has 0 aliphatic heterocycles. The van der Waals surface area contributed by atoms with E-state index in [0.717, 1.165) is 38.5 Å². The summed E-state index contributed by atoms with van der Waals surface area (Å²) in [6, 6.07) is -0.623. The first kappa shape index (κ1) is 71.6. The number of hydrogen-bond acceptors (Lipinski definition) is 5. The Hall–Kier alpha value is -1.40. The topological polar surface area (TPSA) is 95.9 Å². The van der Waals surface area contributed by atoms with Crippen LogP contribution in [0.3, 0.4) is 0 Å². The largest absolute Gasteiger partial charge is 0.466 e. The predicted molar refractivity (Wildman–Crippen MR) is 320 cm³/mol. The zero-order chi connectivity index (χ0) is 52.9. The van der Waals surface area contributed by atoms with Crippen LogP contribution in [0.2, 0.25) is 0 Å². The minimum absolute atomic E-state index is 0.0217. The van der Waals surface area contributed by atoms with Crippen LogP contribution in [0.15, 0.2) is 12.2 Å². The van der Waals surface area contributed by atoms with Gasteiger partial charge in [-0.2, -0.15) is 0 Å². The van der Waals surface area contributed by atoms with Gasteiger partial charge in [-0.05, 0) is 32.1 Å². The van der Waals surface area contributed by atoms with Crippen LogP contribution in [0.4, 0.5) is 0 Å². The summed E-state index contributed by atoms with van der Waals surface area (Å²) >= 11 is 0. The second-order valence-electron chi connectivity index (χ2n) is 23.2. The number of ether oxygens (including phenoxy) is 1. The summed E-state index contributed by atoms with van der Waals surface area (Å²) < 4.78 is 5.48. The van der Waals surface area contributed by atoms with Crippen molar-refractivity contribution in [2.45, 2.75) is 392 Å². The monoisotopic (exact) mass is 1030 g/mol. The Balaban J connectivity index is 3.32. The first-order chi connectivity index (χ1) is 36.0. The van der Waals surface area contributed by atoms with Gasteiger partial charge in [0.15, 0.2) is 0 Å². The maximum absolute atomic E-state index is 12.5. The number of hydrogen-bond donors (Lipinski definition) is 3. The summed E-state index contributed by atoms with van der Waals surface area (Å²) in [6.45, 7) is 4.93. The van der Waals surface area contributed by atoms with Gasteiger partial charge in [0.2, 0.25) is 5.91 Å². The third-order valence-electron chi connectivity index (χ3n) is 15.8. The first-order valence-electron chi connectivity index (χ1n) is 33.5. The minimum atomic E-state index is -0.840. The van der Waals surface area contributed by atoms with Crippen molar-refractivity contribution in [3.63, 3.8) is 0 Å². The molecule has 3 N–H and O–H groups in total. The maximum Gasteiger partial charge on any atom is 0.305 e. The summed E-state index contributed by atoms with van der Waals surface area (Å²) in [6.07, 6.45) is 77.2. The molecule has 2 unspecified atom stereocenters. The molecule has 0 heterocycles.